The average Bonchev–Trinajstić information content (AvgIpc) is 2.32. The smallest absolute Gasteiger partial charge is 0.235 e. The average molecular weight is 356 g/mol. The van der Waals surface area contributed by atoms with E-state index in [-0.39, 0.29) is 16.5 Å². The van der Waals surface area contributed by atoms with Gasteiger partial charge in [-0.1, -0.05) is 11.6 Å². The topological polar surface area (TPSA) is 25.8 Å². The third-order valence-electron chi connectivity index (χ3n) is 2.23. The van der Waals surface area contributed by atoms with Gasteiger partial charge in [-0.05, 0) is 34.1 Å². The Morgan fingerprint density at radius 2 is 1.89 bits per heavy atom. The van der Waals surface area contributed by atoms with Gasteiger partial charge >= 0.3 is 6.18 Å². The number of aromatic nitrogens is 2. The van der Waals surface area contributed by atoms with Crippen molar-refractivity contribution in [3.05, 3.63) is 45.4 Å². The quantitative estimate of drug-likeness (QED) is 0.546. The van der Waals surface area contributed by atoms with Crippen molar-refractivity contribution in [3.63, 3.8) is 0 Å². The number of benzene rings is 1. The molecule has 0 saturated carbocycles. The molecular formula is C11H4BrClF4N2. The van der Waals surface area contributed by atoms with Crippen molar-refractivity contribution in [1.82, 2.24) is 9.97 Å². The van der Waals surface area contributed by atoms with Gasteiger partial charge in [0.25, 0.3) is 0 Å². The van der Waals surface area contributed by atoms with Crippen LogP contribution >= 0.6 is 27.5 Å². The second-order valence-corrected chi connectivity index (χ2v) is 4.73. The zero-order valence-electron chi connectivity index (χ0n) is 8.97. The molecule has 19 heavy (non-hydrogen) atoms. The third-order valence-corrected chi connectivity index (χ3v) is 3.33. The van der Waals surface area contributed by atoms with E-state index < -0.39 is 17.6 Å². The van der Waals surface area contributed by atoms with Crippen molar-refractivity contribution >= 4 is 27.5 Å². The van der Waals surface area contributed by atoms with Crippen molar-refractivity contribution in [3.8, 4) is 11.4 Å². The maximum Gasteiger partial charge on any atom is 0.417 e. The number of rotatable bonds is 1. The zero-order valence-corrected chi connectivity index (χ0v) is 11.3. The van der Waals surface area contributed by atoms with Gasteiger partial charge in [-0.2, -0.15) is 13.2 Å². The molecule has 1 heterocycles. The second-order valence-electron chi connectivity index (χ2n) is 3.52. The highest BCUT2D eigenvalue weighted by Gasteiger charge is 2.35. The molecule has 1 aromatic heterocycles. The lowest BCUT2D eigenvalue weighted by Gasteiger charge is -2.12. The summed E-state index contributed by atoms with van der Waals surface area (Å²) in [6.45, 7) is 0. The van der Waals surface area contributed by atoms with Crippen LogP contribution in [0.2, 0.25) is 5.15 Å². The Hall–Kier alpha value is -1.21. The molecule has 2 aromatic rings. The predicted octanol–water partition coefficient (Wildman–Crippen LogP) is 4.72. The van der Waals surface area contributed by atoms with E-state index in [2.05, 4.69) is 25.9 Å². The predicted molar refractivity (Wildman–Crippen MR) is 65.1 cm³/mol. The van der Waals surface area contributed by atoms with E-state index in [9.17, 15) is 17.6 Å². The summed E-state index contributed by atoms with van der Waals surface area (Å²) >= 11 is 8.74. The van der Waals surface area contributed by atoms with E-state index in [0.29, 0.717) is 10.5 Å². The van der Waals surface area contributed by atoms with Crippen molar-refractivity contribution in [2.75, 3.05) is 0 Å². The zero-order chi connectivity index (χ0) is 14.2. The van der Waals surface area contributed by atoms with Gasteiger partial charge in [0.05, 0.1) is 10.0 Å². The Balaban J connectivity index is 2.65. The van der Waals surface area contributed by atoms with Gasteiger partial charge in [0.15, 0.2) is 5.82 Å². The Kier molecular flexibility index (Phi) is 3.78. The van der Waals surface area contributed by atoms with E-state index in [0.717, 1.165) is 12.1 Å². The monoisotopic (exact) mass is 354 g/mol. The second kappa shape index (κ2) is 5.05. The van der Waals surface area contributed by atoms with Gasteiger partial charge in [-0.15, -0.1) is 0 Å². The van der Waals surface area contributed by atoms with Crippen LogP contribution in [0.5, 0.6) is 0 Å². The van der Waals surface area contributed by atoms with Crippen molar-refractivity contribution < 1.29 is 17.6 Å². The first-order valence-electron chi connectivity index (χ1n) is 4.84. The van der Waals surface area contributed by atoms with Crippen molar-refractivity contribution in [2.45, 2.75) is 6.18 Å². The van der Waals surface area contributed by atoms with E-state index in [1.165, 1.54) is 6.20 Å². The first-order valence-corrected chi connectivity index (χ1v) is 6.01. The molecule has 0 bridgehead atoms. The van der Waals surface area contributed by atoms with Crippen LogP contribution in [-0.4, -0.2) is 9.97 Å². The van der Waals surface area contributed by atoms with Crippen molar-refractivity contribution in [2.24, 2.45) is 0 Å². The number of hydrogen-bond acceptors (Lipinski definition) is 2. The van der Waals surface area contributed by atoms with Crippen LogP contribution in [0.4, 0.5) is 17.6 Å². The van der Waals surface area contributed by atoms with E-state index in [1.54, 1.807) is 0 Å². The molecule has 0 aliphatic heterocycles. The van der Waals surface area contributed by atoms with Gasteiger partial charge in [0.2, 0.25) is 0 Å². The van der Waals surface area contributed by atoms with Crippen LogP contribution in [0, 0.1) is 5.82 Å². The molecule has 0 unspecified atom stereocenters. The highest BCUT2D eigenvalue weighted by Crippen LogP contribution is 2.36. The summed E-state index contributed by atoms with van der Waals surface area (Å²) in [6.07, 6.45) is -3.48. The van der Waals surface area contributed by atoms with Crippen LogP contribution in [-0.2, 0) is 6.18 Å². The van der Waals surface area contributed by atoms with Crippen LogP contribution in [0.25, 0.3) is 11.4 Å². The molecule has 0 aliphatic carbocycles. The summed E-state index contributed by atoms with van der Waals surface area (Å²) in [4.78, 5) is 7.48. The Labute approximate surface area is 118 Å². The number of halogens is 6. The first-order chi connectivity index (χ1) is 8.79. The molecule has 0 radical (unpaired) electrons. The number of nitrogens with zero attached hydrogens (tertiary/aromatic N) is 2. The van der Waals surface area contributed by atoms with Crippen LogP contribution < -0.4 is 0 Å². The Morgan fingerprint density at radius 3 is 2.47 bits per heavy atom. The van der Waals surface area contributed by atoms with E-state index in [4.69, 9.17) is 11.6 Å². The van der Waals surface area contributed by atoms with Crippen molar-refractivity contribution in [1.29, 1.82) is 0 Å². The lowest BCUT2D eigenvalue weighted by molar-refractivity contribution is -0.137. The maximum absolute atomic E-state index is 13.0. The van der Waals surface area contributed by atoms with Gasteiger partial charge in [-0.25, -0.2) is 14.4 Å². The molecule has 0 N–H and O–H groups in total. The maximum atomic E-state index is 13.0. The van der Waals surface area contributed by atoms with Crippen LogP contribution in [0.3, 0.4) is 0 Å². The molecule has 0 saturated heterocycles. The lowest BCUT2D eigenvalue weighted by Crippen LogP contribution is -2.09. The minimum atomic E-state index is -4.71. The first kappa shape index (κ1) is 14.2. The summed E-state index contributed by atoms with van der Waals surface area (Å²) in [7, 11) is 0. The molecule has 100 valence electrons. The fourth-order valence-electron chi connectivity index (χ4n) is 1.42. The normalized spacial score (nSPS) is 11.7. The highest BCUT2D eigenvalue weighted by atomic mass is 79.9. The third kappa shape index (κ3) is 3.03. The Morgan fingerprint density at radius 1 is 1.21 bits per heavy atom. The summed E-state index contributed by atoms with van der Waals surface area (Å²) in [6, 6.07) is 2.27. The molecule has 1 aromatic carbocycles. The standard InChI is InChI=1S/C11H4BrClF4N2/c12-8-4-18-10(19-9(8)13)6-2-1-5(14)3-7(6)11(15,16)17/h1-4H. The van der Waals surface area contributed by atoms with Gasteiger partial charge in [0.1, 0.15) is 11.0 Å². The number of hydrogen-bond donors (Lipinski definition) is 0. The summed E-state index contributed by atoms with van der Waals surface area (Å²) in [5, 5.41) is -0.0255. The molecule has 8 heteroatoms. The van der Waals surface area contributed by atoms with Crippen LogP contribution in [0.1, 0.15) is 5.56 Å². The van der Waals surface area contributed by atoms with E-state index >= 15 is 0 Å². The SMILES string of the molecule is Fc1ccc(-c2ncc(Br)c(Cl)n2)c(C(F)(F)F)c1. The number of alkyl halides is 3. The molecule has 0 atom stereocenters. The van der Waals surface area contributed by atoms with E-state index in [1.807, 2.05) is 0 Å². The molecule has 0 spiro atoms. The van der Waals surface area contributed by atoms with Gasteiger partial charge < -0.3 is 0 Å². The summed E-state index contributed by atoms with van der Waals surface area (Å²) in [5.41, 5.74) is -1.48. The molecular weight excluding hydrogens is 351 g/mol. The van der Waals surface area contributed by atoms with Crippen LogP contribution in [0.15, 0.2) is 28.9 Å². The summed E-state index contributed by atoms with van der Waals surface area (Å²) in [5.74, 6) is -1.21. The summed E-state index contributed by atoms with van der Waals surface area (Å²) < 4.78 is 51.8. The molecule has 2 nitrogen and oxygen atoms in total. The lowest BCUT2D eigenvalue weighted by atomic mass is 10.1. The molecule has 2 rings (SSSR count). The molecule has 0 fully saturated rings. The largest absolute Gasteiger partial charge is 0.417 e. The Bertz CT molecular complexity index is 631. The van der Waals surface area contributed by atoms with Gasteiger partial charge in [0, 0.05) is 11.8 Å². The fraction of sp³-hybridized carbons (Fsp3) is 0.0909. The highest BCUT2D eigenvalue weighted by molar-refractivity contribution is 9.10. The van der Waals surface area contributed by atoms with Gasteiger partial charge in [-0.3, -0.25) is 0 Å². The molecule has 0 amide bonds. The minimum absolute atomic E-state index is 0.0255. The molecule has 0 aliphatic rings. The minimum Gasteiger partial charge on any atom is -0.235 e. The fourth-order valence-corrected chi connectivity index (χ4v) is 1.74.